The second-order valence-electron chi connectivity index (χ2n) is 2.41. The Kier molecular flexibility index (Phi) is 2.44. The molecule has 0 atom stereocenters. The first kappa shape index (κ1) is 9.54. The third-order valence-corrected chi connectivity index (χ3v) is 2.58. The maximum Gasteiger partial charge on any atom is 0.291 e. The molecule has 0 unspecified atom stereocenters. The molecule has 0 spiro atoms. The number of nitrogens with one attached hydrogen (secondary N) is 1. The molecule has 4 nitrogen and oxygen atoms in total. The van der Waals surface area contributed by atoms with Crippen LogP contribution in [0.1, 0.15) is 6.92 Å². The molecule has 0 aromatic heterocycles. The largest absolute Gasteiger partial charge is 0.349 e. The molecule has 1 aliphatic rings. The number of halogens is 1. The number of sulfone groups is 1. The zero-order valence-electron chi connectivity index (χ0n) is 6.63. The summed E-state index contributed by atoms with van der Waals surface area (Å²) in [5.41, 5.74) is 0.431. The summed E-state index contributed by atoms with van der Waals surface area (Å²) in [7, 11) is -3.27. The molecule has 1 aliphatic heterocycles. The summed E-state index contributed by atoms with van der Waals surface area (Å²) >= 11 is 5.64. The zero-order valence-corrected chi connectivity index (χ0v) is 8.20. The SMILES string of the molecule is CC1=N[C](S(C)(=O)=O)NC=C1Cl. The first-order chi connectivity index (χ1) is 5.41. The van der Waals surface area contributed by atoms with Crippen molar-refractivity contribution < 1.29 is 8.42 Å². The van der Waals surface area contributed by atoms with Crippen molar-refractivity contribution in [2.24, 2.45) is 4.99 Å². The maximum atomic E-state index is 11.0. The van der Waals surface area contributed by atoms with E-state index in [4.69, 9.17) is 11.6 Å². The van der Waals surface area contributed by atoms with Gasteiger partial charge in [0.05, 0.1) is 10.7 Å². The lowest BCUT2D eigenvalue weighted by molar-refractivity contribution is 0.596. The first-order valence-corrected chi connectivity index (χ1v) is 5.43. The van der Waals surface area contributed by atoms with E-state index < -0.39 is 9.84 Å². The van der Waals surface area contributed by atoms with E-state index >= 15 is 0 Å². The standard InChI is InChI=1S/C6H8ClN2O2S/c1-4-5(7)3-8-6(9-4)12(2,10)11/h3,8H,1-2H3. The average molecular weight is 208 g/mol. The van der Waals surface area contributed by atoms with Crippen molar-refractivity contribution in [3.63, 3.8) is 0 Å². The van der Waals surface area contributed by atoms with Crippen LogP contribution >= 0.6 is 11.6 Å². The van der Waals surface area contributed by atoms with Crippen LogP contribution in [0.5, 0.6) is 0 Å². The number of nitrogens with zero attached hydrogens (tertiary/aromatic N) is 1. The van der Waals surface area contributed by atoms with E-state index in [1.54, 1.807) is 6.92 Å². The Bertz CT molecular complexity index is 345. The number of hydrogen-bond donors (Lipinski definition) is 1. The summed E-state index contributed by atoms with van der Waals surface area (Å²) in [6, 6.07) is 0. The second kappa shape index (κ2) is 3.06. The minimum atomic E-state index is -3.27. The van der Waals surface area contributed by atoms with Crippen LogP contribution in [0.3, 0.4) is 0 Å². The molecule has 1 N–H and O–H groups in total. The number of hydrogen-bond acceptors (Lipinski definition) is 4. The van der Waals surface area contributed by atoms with Crippen LogP contribution in [0, 0.1) is 5.50 Å². The predicted molar refractivity (Wildman–Crippen MR) is 48.3 cm³/mol. The fourth-order valence-electron chi connectivity index (χ4n) is 0.657. The molecular weight excluding hydrogens is 200 g/mol. The fourth-order valence-corrected chi connectivity index (χ4v) is 1.33. The molecule has 0 saturated heterocycles. The molecule has 1 heterocycles. The topological polar surface area (TPSA) is 58.5 Å². The molecule has 0 aliphatic carbocycles. The molecule has 0 fully saturated rings. The molecule has 0 aromatic rings. The van der Waals surface area contributed by atoms with Crippen molar-refractivity contribution in [3.05, 3.63) is 16.7 Å². The fraction of sp³-hybridized carbons (Fsp3) is 0.333. The summed E-state index contributed by atoms with van der Waals surface area (Å²) in [5, 5.41) is 2.91. The van der Waals surface area contributed by atoms with Gasteiger partial charge in [-0.3, -0.25) is 0 Å². The van der Waals surface area contributed by atoms with Crippen LogP contribution in [0.2, 0.25) is 0 Å². The van der Waals surface area contributed by atoms with Gasteiger partial charge in [0.25, 0.3) is 5.50 Å². The zero-order chi connectivity index (χ0) is 9.35. The quantitative estimate of drug-likeness (QED) is 0.686. The average Bonchev–Trinajstić information content (AvgIpc) is 1.92. The molecule has 0 amide bonds. The lowest BCUT2D eigenvalue weighted by Crippen LogP contribution is -2.26. The van der Waals surface area contributed by atoms with Crippen molar-refractivity contribution >= 4 is 27.1 Å². The van der Waals surface area contributed by atoms with E-state index in [-0.39, 0.29) is 5.50 Å². The van der Waals surface area contributed by atoms with Gasteiger partial charge in [0.2, 0.25) is 0 Å². The predicted octanol–water partition coefficient (Wildman–Crippen LogP) is 0.622. The molecule has 6 heteroatoms. The highest BCUT2D eigenvalue weighted by atomic mass is 35.5. The van der Waals surface area contributed by atoms with Crippen molar-refractivity contribution in [1.29, 1.82) is 0 Å². The van der Waals surface area contributed by atoms with Gasteiger partial charge < -0.3 is 5.32 Å². The number of allylic oxidation sites excluding steroid dienone is 1. The molecule has 1 rings (SSSR count). The van der Waals surface area contributed by atoms with Gasteiger partial charge in [0, 0.05) is 12.5 Å². The van der Waals surface area contributed by atoms with Gasteiger partial charge >= 0.3 is 0 Å². The third kappa shape index (κ3) is 1.98. The van der Waals surface area contributed by atoms with Crippen LogP contribution in [0.15, 0.2) is 16.2 Å². The van der Waals surface area contributed by atoms with E-state index in [2.05, 4.69) is 10.3 Å². The van der Waals surface area contributed by atoms with E-state index in [0.29, 0.717) is 10.7 Å². The van der Waals surface area contributed by atoms with Gasteiger partial charge in [-0.1, -0.05) is 11.6 Å². The van der Waals surface area contributed by atoms with Crippen molar-refractivity contribution in [2.45, 2.75) is 6.92 Å². The lowest BCUT2D eigenvalue weighted by atomic mass is 10.4. The van der Waals surface area contributed by atoms with E-state index in [9.17, 15) is 8.42 Å². The molecule has 0 bridgehead atoms. The highest BCUT2D eigenvalue weighted by Crippen LogP contribution is 2.16. The van der Waals surface area contributed by atoms with Crippen LogP contribution in [0.4, 0.5) is 0 Å². The van der Waals surface area contributed by atoms with Crippen LogP contribution in [0.25, 0.3) is 0 Å². The summed E-state index contributed by atoms with van der Waals surface area (Å²) in [6.07, 6.45) is 2.49. The van der Waals surface area contributed by atoms with Crippen molar-refractivity contribution in [2.75, 3.05) is 6.26 Å². The molecule has 0 aromatic carbocycles. The van der Waals surface area contributed by atoms with Crippen LogP contribution < -0.4 is 5.32 Å². The summed E-state index contributed by atoms with van der Waals surface area (Å²) in [6.45, 7) is 1.64. The normalized spacial score (nSPS) is 19.6. The van der Waals surface area contributed by atoms with E-state index in [0.717, 1.165) is 6.26 Å². The summed E-state index contributed by atoms with van der Waals surface area (Å²) in [5.74, 6) is 0. The molecule has 1 radical (unpaired) electrons. The Hall–Kier alpha value is -0.550. The van der Waals surface area contributed by atoms with Crippen molar-refractivity contribution in [1.82, 2.24) is 5.32 Å². The third-order valence-electron chi connectivity index (χ3n) is 1.29. The van der Waals surface area contributed by atoms with Crippen LogP contribution in [-0.2, 0) is 9.84 Å². The van der Waals surface area contributed by atoms with E-state index in [1.807, 2.05) is 0 Å². The Morgan fingerprint density at radius 1 is 1.58 bits per heavy atom. The van der Waals surface area contributed by atoms with Gasteiger partial charge in [-0.2, -0.15) is 0 Å². The van der Waals surface area contributed by atoms with Gasteiger partial charge in [-0.05, 0) is 6.92 Å². The highest BCUT2D eigenvalue weighted by Gasteiger charge is 2.23. The molecule has 67 valence electrons. The lowest BCUT2D eigenvalue weighted by Gasteiger charge is -2.14. The second-order valence-corrected chi connectivity index (χ2v) is 4.75. The van der Waals surface area contributed by atoms with Gasteiger partial charge in [-0.25, -0.2) is 13.4 Å². The number of aliphatic imine (C=N–C) groups is 1. The molecule has 12 heavy (non-hydrogen) atoms. The first-order valence-electron chi connectivity index (χ1n) is 3.16. The Morgan fingerprint density at radius 2 is 2.17 bits per heavy atom. The number of rotatable bonds is 1. The van der Waals surface area contributed by atoms with Gasteiger partial charge in [0.15, 0.2) is 9.84 Å². The Balaban J connectivity index is 2.94. The maximum absolute atomic E-state index is 11.0. The smallest absolute Gasteiger partial charge is 0.291 e. The monoisotopic (exact) mass is 207 g/mol. The van der Waals surface area contributed by atoms with E-state index in [1.165, 1.54) is 6.20 Å². The van der Waals surface area contributed by atoms with Crippen LogP contribution in [-0.4, -0.2) is 20.4 Å². The molecular formula is C6H8ClN2O2S. The highest BCUT2D eigenvalue weighted by molar-refractivity contribution is 7.93. The minimum Gasteiger partial charge on any atom is -0.349 e. The van der Waals surface area contributed by atoms with Gasteiger partial charge in [-0.15, -0.1) is 0 Å². The molecule has 0 saturated carbocycles. The Morgan fingerprint density at radius 3 is 2.58 bits per heavy atom. The summed E-state index contributed by atoms with van der Waals surface area (Å²) < 4.78 is 21.9. The summed E-state index contributed by atoms with van der Waals surface area (Å²) in [4.78, 5) is 3.77. The minimum absolute atomic E-state index is 0.0654. The Labute approximate surface area is 76.2 Å². The van der Waals surface area contributed by atoms with Gasteiger partial charge in [0.1, 0.15) is 0 Å². The van der Waals surface area contributed by atoms with Crippen molar-refractivity contribution in [3.8, 4) is 0 Å².